The van der Waals surface area contributed by atoms with E-state index in [-0.39, 0.29) is 43.1 Å². The predicted octanol–water partition coefficient (Wildman–Crippen LogP) is 0.676. The van der Waals surface area contributed by atoms with E-state index < -0.39 is 26.6 Å². The van der Waals surface area contributed by atoms with Crippen LogP contribution in [-0.2, 0) is 14.8 Å². The molecule has 2 aromatic heterocycles. The summed E-state index contributed by atoms with van der Waals surface area (Å²) in [6.07, 6.45) is 1.31. The highest BCUT2D eigenvalue weighted by Crippen LogP contribution is 2.24. The summed E-state index contributed by atoms with van der Waals surface area (Å²) in [7, 11) is -4.09. The smallest absolute Gasteiger partial charge is 0.264 e. The number of ether oxygens (including phenoxy) is 1. The van der Waals surface area contributed by atoms with Crippen molar-refractivity contribution < 1.29 is 22.3 Å². The zero-order chi connectivity index (χ0) is 22.9. The number of carbonyl (C=O) groups is 1. The van der Waals surface area contributed by atoms with Crippen LogP contribution in [0.2, 0.25) is 0 Å². The van der Waals surface area contributed by atoms with Gasteiger partial charge in [-0.3, -0.25) is 9.59 Å². The number of amides is 1. The van der Waals surface area contributed by atoms with Crippen LogP contribution in [0, 0.1) is 12.7 Å². The van der Waals surface area contributed by atoms with E-state index in [1.165, 1.54) is 29.1 Å². The van der Waals surface area contributed by atoms with Crippen molar-refractivity contribution >= 4 is 21.6 Å². The van der Waals surface area contributed by atoms with Gasteiger partial charge in [-0.2, -0.15) is 14.5 Å². The number of carbonyl (C=O) groups excluding carboxylic acids is 1. The summed E-state index contributed by atoms with van der Waals surface area (Å²) < 4.78 is 47.7. The highest BCUT2D eigenvalue weighted by molar-refractivity contribution is 7.89. The zero-order valence-corrected chi connectivity index (χ0v) is 17.7. The second kappa shape index (κ2) is 8.61. The van der Waals surface area contributed by atoms with Crippen molar-refractivity contribution in [2.45, 2.75) is 11.8 Å². The fourth-order valence-electron chi connectivity index (χ4n) is 3.22. The fraction of sp³-hybridized carbons (Fsp3) is 0.263. The van der Waals surface area contributed by atoms with Crippen LogP contribution < -0.4 is 10.9 Å². The molecule has 0 bridgehead atoms. The Morgan fingerprint density at radius 1 is 1.22 bits per heavy atom. The lowest BCUT2D eigenvalue weighted by Gasteiger charge is -2.26. The number of nitrogens with zero attached hydrogens (tertiary/aromatic N) is 4. The van der Waals surface area contributed by atoms with Crippen molar-refractivity contribution in [2.24, 2.45) is 0 Å². The third kappa shape index (κ3) is 4.17. The summed E-state index contributed by atoms with van der Waals surface area (Å²) in [5.74, 6) is -1.18. The lowest BCUT2D eigenvalue weighted by atomic mass is 10.2. The second-order valence-corrected chi connectivity index (χ2v) is 8.86. The van der Waals surface area contributed by atoms with Crippen LogP contribution in [0.25, 0.3) is 5.82 Å². The Morgan fingerprint density at radius 2 is 1.97 bits per heavy atom. The Balaban J connectivity index is 1.59. The van der Waals surface area contributed by atoms with Gasteiger partial charge in [0.1, 0.15) is 10.7 Å². The number of hydrogen-bond donors (Lipinski definition) is 2. The SMILES string of the molecule is Cc1c(C(=O)Nc2ccc(F)c(S(=O)(=O)N3CCOCC3)c2)cnn1-c1ccc(=O)[nH]n1. The van der Waals surface area contributed by atoms with Crippen molar-refractivity contribution in [3.05, 3.63) is 64.0 Å². The van der Waals surface area contributed by atoms with Crippen molar-refractivity contribution in [1.82, 2.24) is 24.3 Å². The maximum absolute atomic E-state index is 14.4. The van der Waals surface area contributed by atoms with Crippen molar-refractivity contribution in [3.63, 3.8) is 0 Å². The van der Waals surface area contributed by atoms with Gasteiger partial charge in [0.2, 0.25) is 10.0 Å². The van der Waals surface area contributed by atoms with Gasteiger partial charge in [-0.25, -0.2) is 22.6 Å². The number of hydrogen-bond acceptors (Lipinski definition) is 7. The lowest BCUT2D eigenvalue weighted by Crippen LogP contribution is -2.40. The molecule has 1 aliphatic rings. The number of morpholine rings is 1. The van der Waals surface area contributed by atoms with Gasteiger partial charge in [0.15, 0.2) is 5.82 Å². The lowest BCUT2D eigenvalue weighted by molar-refractivity contribution is 0.0729. The van der Waals surface area contributed by atoms with Crippen molar-refractivity contribution in [2.75, 3.05) is 31.6 Å². The molecule has 1 fully saturated rings. The monoisotopic (exact) mass is 462 g/mol. The first-order valence-corrected chi connectivity index (χ1v) is 11.0. The molecule has 0 spiro atoms. The number of sulfonamides is 1. The normalized spacial score (nSPS) is 14.9. The molecule has 3 heterocycles. The maximum atomic E-state index is 14.4. The Bertz CT molecular complexity index is 1310. The van der Waals surface area contributed by atoms with Crippen LogP contribution in [-0.4, -0.2) is 64.9 Å². The molecule has 1 aliphatic heterocycles. The molecule has 3 aromatic rings. The van der Waals surface area contributed by atoms with E-state index >= 15 is 0 Å². The number of H-pyrrole nitrogens is 1. The molecule has 32 heavy (non-hydrogen) atoms. The summed E-state index contributed by atoms with van der Waals surface area (Å²) in [5, 5.41) is 12.8. The first kappa shape index (κ1) is 21.8. The minimum absolute atomic E-state index is 0.109. The van der Waals surface area contributed by atoms with Crippen LogP contribution in [0.3, 0.4) is 0 Å². The van der Waals surface area contributed by atoms with Crippen molar-refractivity contribution in [1.29, 1.82) is 0 Å². The van der Waals surface area contributed by atoms with Crippen molar-refractivity contribution in [3.8, 4) is 5.82 Å². The van der Waals surface area contributed by atoms with Crippen LogP contribution in [0.1, 0.15) is 16.1 Å². The first-order chi connectivity index (χ1) is 15.3. The van der Waals surface area contributed by atoms with Gasteiger partial charge in [0.25, 0.3) is 11.5 Å². The summed E-state index contributed by atoms with van der Waals surface area (Å²) in [6, 6.07) is 6.07. The van der Waals surface area contributed by atoms with E-state index in [2.05, 4.69) is 20.6 Å². The second-order valence-electron chi connectivity index (χ2n) is 6.95. The highest BCUT2D eigenvalue weighted by atomic mass is 32.2. The Labute approximate surface area is 181 Å². The summed E-state index contributed by atoms with van der Waals surface area (Å²) in [5.41, 5.74) is 0.360. The maximum Gasteiger partial charge on any atom is 0.264 e. The Hall–Kier alpha value is -3.42. The van der Waals surface area contributed by atoms with E-state index in [9.17, 15) is 22.4 Å². The number of anilines is 1. The molecule has 1 amide bonds. The predicted molar refractivity (Wildman–Crippen MR) is 111 cm³/mol. The molecule has 0 atom stereocenters. The average Bonchev–Trinajstić information content (AvgIpc) is 3.17. The number of aromatic nitrogens is 4. The van der Waals surface area contributed by atoms with Gasteiger partial charge < -0.3 is 10.1 Å². The van der Waals surface area contributed by atoms with Gasteiger partial charge in [-0.05, 0) is 31.2 Å². The topological polar surface area (TPSA) is 139 Å². The third-order valence-corrected chi connectivity index (χ3v) is 6.83. The quantitative estimate of drug-likeness (QED) is 0.568. The molecule has 1 saturated heterocycles. The molecular formula is C19H19FN6O5S. The van der Waals surface area contributed by atoms with E-state index in [1.807, 2.05) is 0 Å². The zero-order valence-electron chi connectivity index (χ0n) is 16.9. The van der Waals surface area contributed by atoms with Crippen LogP contribution in [0.15, 0.2) is 46.2 Å². The number of nitrogens with one attached hydrogen (secondary N) is 2. The summed E-state index contributed by atoms with van der Waals surface area (Å²) in [6.45, 7) is 2.33. The largest absolute Gasteiger partial charge is 0.379 e. The fourth-order valence-corrected chi connectivity index (χ4v) is 4.72. The molecule has 2 N–H and O–H groups in total. The minimum atomic E-state index is -4.09. The van der Waals surface area contributed by atoms with Crippen LogP contribution >= 0.6 is 0 Å². The van der Waals surface area contributed by atoms with E-state index in [1.54, 1.807) is 6.92 Å². The molecule has 11 nitrogen and oxygen atoms in total. The number of benzene rings is 1. The van der Waals surface area contributed by atoms with Gasteiger partial charge in [0.05, 0.1) is 30.7 Å². The van der Waals surface area contributed by atoms with Gasteiger partial charge >= 0.3 is 0 Å². The van der Waals surface area contributed by atoms with Crippen LogP contribution in [0.4, 0.5) is 10.1 Å². The molecule has 13 heteroatoms. The Kier molecular flexibility index (Phi) is 5.86. The highest BCUT2D eigenvalue weighted by Gasteiger charge is 2.29. The van der Waals surface area contributed by atoms with E-state index in [4.69, 9.17) is 4.74 Å². The molecule has 4 rings (SSSR count). The standard InChI is InChI=1S/C19H19FN6O5S/c1-12-14(11-21-26(12)17-4-5-18(27)24-23-17)19(28)22-13-2-3-15(20)16(10-13)32(29,30)25-6-8-31-9-7-25/h2-5,10-11H,6-9H2,1H3,(H,22,28)(H,24,27). The molecule has 168 valence electrons. The summed E-state index contributed by atoms with van der Waals surface area (Å²) in [4.78, 5) is 23.4. The van der Waals surface area contributed by atoms with Gasteiger partial charge in [-0.1, -0.05) is 0 Å². The van der Waals surface area contributed by atoms with E-state index in [0.717, 1.165) is 16.4 Å². The van der Waals surface area contributed by atoms with E-state index in [0.29, 0.717) is 11.5 Å². The number of halogens is 1. The molecule has 0 aliphatic carbocycles. The Morgan fingerprint density at radius 3 is 2.66 bits per heavy atom. The minimum Gasteiger partial charge on any atom is -0.379 e. The molecule has 0 saturated carbocycles. The number of aromatic amines is 1. The molecule has 1 aromatic carbocycles. The van der Waals surface area contributed by atoms with Gasteiger partial charge in [-0.15, -0.1) is 0 Å². The van der Waals surface area contributed by atoms with Gasteiger partial charge in [0, 0.05) is 24.8 Å². The number of rotatable bonds is 5. The van der Waals surface area contributed by atoms with Crippen LogP contribution in [0.5, 0.6) is 0 Å². The summed E-state index contributed by atoms with van der Waals surface area (Å²) >= 11 is 0. The molecule has 0 unspecified atom stereocenters. The third-order valence-electron chi connectivity index (χ3n) is 4.91. The first-order valence-electron chi connectivity index (χ1n) is 9.57. The molecular weight excluding hydrogens is 443 g/mol. The molecule has 0 radical (unpaired) electrons. The average molecular weight is 462 g/mol.